The monoisotopic (exact) mass is 394 g/mol. The molecule has 7 nitrogen and oxygen atoms in total. The van der Waals surface area contributed by atoms with E-state index in [9.17, 15) is 14.7 Å². The lowest BCUT2D eigenvalue weighted by Crippen LogP contribution is -2.30. The lowest BCUT2D eigenvalue weighted by molar-refractivity contribution is -0.123. The van der Waals surface area contributed by atoms with E-state index in [1.54, 1.807) is 39.0 Å². The van der Waals surface area contributed by atoms with E-state index in [1.165, 1.54) is 14.0 Å². The average Bonchev–Trinajstić information content (AvgIpc) is 2.89. The summed E-state index contributed by atoms with van der Waals surface area (Å²) in [6.45, 7) is 6.55. The fraction of sp³-hybridized carbons (Fsp3) is 0.368. The number of nitrogens with one attached hydrogen (secondary N) is 2. The number of ether oxygens (including phenoxy) is 2. The van der Waals surface area contributed by atoms with Gasteiger partial charge in [-0.3, -0.25) is 4.79 Å². The van der Waals surface area contributed by atoms with E-state index in [2.05, 4.69) is 10.3 Å². The first kappa shape index (κ1) is 20.8. The molecule has 2 atom stereocenters. The summed E-state index contributed by atoms with van der Waals surface area (Å²) in [5.41, 5.74) is 2.50. The van der Waals surface area contributed by atoms with Gasteiger partial charge in [-0.15, -0.1) is 0 Å². The molecular formula is C19H23ClN2O5. The van der Waals surface area contributed by atoms with Crippen molar-refractivity contribution in [2.24, 2.45) is 0 Å². The first-order valence-corrected chi connectivity index (χ1v) is 8.76. The summed E-state index contributed by atoms with van der Waals surface area (Å²) in [5.74, 6) is -0.771. The van der Waals surface area contributed by atoms with Gasteiger partial charge in [0, 0.05) is 16.3 Å². The van der Waals surface area contributed by atoms with Crippen molar-refractivity contribution in [1.29, 1.82) is 0 Å². The minimum atomic E-state index is -1.06. The second-order valence-electron chi connectivity index (χ2n) is 6.22. The maximum absolute atomic E-state index is 12.4. The molecule has 0 aliphatic carbocycles. The molecule has 0 saturated heterocycles. The Kier molecular flexibility index (Phi) is 6.51. The number of aryl methyl sites for hydroxylation is 1. The topological polar surface area (TPSA) is 101 Å². The third-order valence-corrected chi connectivity index (χ3v) is 4.42. The Bertz CT molecular complexity index is 860. The molecule has 3 N–H and O–H groups in total. The molecule has 1 heterocycles. The molecule has 0 aliphatic heterocycles. The van der Waals surface area contributed by atoms with Crippen LogP contribution < -0.4 is 10.1 Å². The molecule has 146 valence electrons. The van der Waals surface area contributed by atoms with Crippen molar-refractivity contribution in [1.82, 2.24) is 4.98 Å². The Morgan fingerprint density at radius 3 is 2.48 bits per heavy atom. The summed E-state index contributed by atoms with van der Waals surface area (Å²) in [7, 11) is 1.47. The number of esters is 1. The first-order valence-electron chi connectivity index (χ1n) is 8.38. The number of halogens is 1. The number of carbonyl (C=O) groups is 2. The van der Waals surface area contributed by atoms with Gasteiger partial charge in [0.25, 0.3) is 5.91 Å². The highest BCUT2D eigenvalue weighted by atomic mass is 35.5. The van der Waals surface area contributed by atoms with Gasteiger partial charge < -0.3 is 24.9 Å². The van der Waals surface area contributed by atoms with Gasteiger partial charge in [0.05, 0.1) is 18.9 Å². The predicted molar refractivity (Wildman–Crippen MR) is 102 cm³/mol. The molecule has 0 fully saturated rings. The Morgan fingerprint density at radius 2 is 1.93 bits per heavy atom. The van der Waals surface area contributed by atoms with Crippen molar-refractivity contribution < 1.29 is 24.2 Å². The predicted octanol–water partition coefficient (Wildman–Crippen LogP) is 3.53. The van der Waals surface area contributed by atoms with Crippen LogP contribution in [0, 0.1) is 13.8 Å². The van der Waals surface area contributed by atoms with Gasteiger partial charge in [-0.05, 0) is 51.5 Å². The number of carbonyl (C=O) groups excluding carboxylic acids is 2. The number of aliphatic hydroxyl groups excluding tert-OH is 1. The van der Waals surface area contributed by atoms with Crippen LogP contribution in [0.2, 0.25) is 5.02 Å². The molecule has 1 amide bonds. The van der Waals surface area contributed by atoms with Gasteiger partial charge in [-0.1, -0.05) is 11.6 Å². The van der Waals surface area contributed by atoms with Gasteiger partial charge in [-0.25, -0.2) is 4.79 Å². The summed E-state index contributed by atoms with van der Waals surface area (Å²) in [6, 6.07) is 4.80. The number of H-pyrrole nitrogens is 1. The zero-order valence-electron chi connectivity index (χ0n) is 15.8. The maximum Gasteiger partial charge on any atom is 0.355 e. The van der Waals surface area contributed by atoms with Crippen molar-refractivity contribution in [2.75, 3.05) is 12.4 Å². The largest absolute Gasteiger partial charge is 0.495 e. The molecule has 0 saturated carbocycles. The number of amides is 1. The van der Waals surface area contributed by atoms with Crippen LogP contribution in [-0.2, 0) is 9.53 Å². The molecule has 0 aliphatic rings. The van der Waals surface area contributed by atoms with Crippen LogP contribution in [0.3, 0.4) is 0 Å². The summed E-state index contributed by atoms with van der Waals surface area (Å²) >= 11 is 5.94. The highest BCUT2D eigenvalue weighted by molar-refractivity contribution is 6.31. The minimum Gasteiger partial charge on any atom is -0.495 e. The van der Waals surface area contributed by atoms with Crippen LogP contribution >= 0.6 is 11.6 Å². The Labute approximate surface area is 162 Å². The summed E-state index contributed by atoms with van der Waals surface area (Å²) in [4.78, 5) is 27.7. The number of aliphatic hydroxyl groups is 1. The highest BCUT2D eigenvalue weighted by Crippen LogP contribution is 2.28. The zero-order valence-corrected chi connectivity index (χ0v) is 16.6. The number of methoxy groups -OCH3 is 1. The normalized spacial score (nSPS) is 13.0. The SMILES string of the molecule is COc1ccc(Cl)cc1NC(=O)[C@@H](C)OC(=O)c1[nH]c(C)c([C@H](C)O)c1C. The van der Waals surface area contributed by atoms with E-state index < -0.39 is 24.1 Å². The van der Waals surface area contributed by atoms with Crippen LogP contribution in [-0.4, -0.2) is 35.2 Å². The second-order valence-corrected chi connectivity index (χ2v) is 6.66. The molecule has 27 heavy (non-hydrogen) atoms. The maximum atomic E-state index is 12.4. The van der Waals surface area contributed by atoms with Crippen LogP contribution in [0.4, 0.5) is 5.69 Å². The van der Waals surface area contributed by atoms with Crippen LogP contribution in [0.1, 0.15) is 47.3 Å². The van der Waals surface area contributed by atoms with E-state index in [-0.39, 0.29) is 5.69 Å². The quantitative estimate of drug-likeness (QED) is 0.650. The van der Waals surface area contributed by atoms with Gasteiger partial charge in [0.1, 0.15) is 11.4 Å². The number of aromatic nitrogens is 1. The molecular weight excluding hydrogens is 372 g/mol. The first-order chi connectivity index (χ1) is 12.6. The number of hydrogen-bond acceptors (Lipinski definition) is 5. The molecule has 1 aromatic carbocycles. The molecule has 2 rings (SSSR count). The smallest absolute Gasteiger partial charge is 0.355 e. The molecule has 0 bridgehead atoms. The summed E-state index contributed by atoms with van der Waals surface area (Å²) < 4.78 is 10.4. The number of benzene rings is 1. The van der Waals surface area contributed by atoms with Crippen molar-refractivity contribution in [2.45, 2.75) is 39.9 Å². The number of hydrogen-bond donors (Lipinski definition) is 3. The highest BCUT2D eigenvalue weighted by Gasteiger charge is 2.25. The third-order valence-electron chi connectivity index (χ3n) is 4.19. The van der Waals surface area contributed by atoms with Crippen LogP contribution in [0.15, 0.2) is 18.2 Å². The number of rotatable bonds is 6. The summed E-state index contributed by atoms with van der Waals surface area (Å²) in [6.07, 6.45) is -1.78. The lowest BCUT2D eigenvalue weighted by Gasteiger charge is -2.15. The van der Waals surface area contributed by atoms with E-state index in [4.69, 9.17) is 21.1 Å². The standard InChI is InChI=1S/C19H23ClN2O5/c1-9-16(11(3)23)10(2)21-17(9)19(25)27-12(4)18(24)22-14-8-13(20)6-7-15(14)26-5/h6-8,11-12,21,23H,1-5H3,(H,22,24)/t11-,12+/m0/s1. The average molecular weight is 395 g/mol. The number of aromatic amines is 1. The number of anilines is 1. The summed E-state index contributed by atoms with van der Waals surface area (Å²) in [5, 5.41) is 12.9. The Balaban J connectivity index is 2.12. The van der Waals surface area contributed by atoms with Crippen LogP contribution in [0.5, 0.6) is 5.75 Å². The molecule has 0 unspecified atom stereocenters. The van der Waals surface area contributed by atoms with Gasteiger partial charge in [0.15, 0.2) is 6.10 Å². The minimum absolute atomic E-state index is 0.211. The van der Waals surface area contributed by atoms with E-state index in [0.717, 1.165) is 0 Å². The van der Waals surface area contributed by atoms with Gasteiger partial charge >= 0.3 is 5.97 Å². The molecule has 8 heteroatoms. The van der Waals surface area contributed by atoms with E-state index in [0.29, 0.717) is 33.3 Å². The van der Waals surface area contributed by atoms with Gasteiger partial charge in [-0.2, -0.15) is 0 Å². The van der Waals surface area contributed by atoms with Crippen LogP contribution in [0.25, 0.3) is 0 Å². The molecule has 0 spiro atoms. The fourth-order valence-corrected chi connectivity index (χ4v) is 3.05. The van der Waals surface area contributed by atoms with Crippen molar-refractivity contribution in [3.05, 3.63) is 45.7 Å². The molecule has 2 aromatic rings. The fourth-order valence-electron chi connectivity index (χ4n) is 2.88. The molecule has 0 radical (unpaired) electrons. The third kappa shape index (κ3) is 4.61. The van der Waals surface area contributed by atoms with E-state index >= 15 is 0 Å². The lowest BCUT2D eigenvalue weighted by atomic mass is 10.1. The Hall–Kier alpha value is -2.51. The van der Waals surface area contributed by atoms with E-state index in [1.807, 2.05) is 0 Å². The van der Waals surface area contributed by atoms with Crippen molar-refractivity contribution in [3.8, 4) is 5.75 Å². The van der Waals surface area contributed by atoms with Crippen molar-refractivity contribution in [3.63, 3.8) is 0 Å². The second kappa shape index (κ2) is 8.45. The van der Waals surface area contributed by atoms with Crippen molar-refractivity contribution >= 4 is 29.2 Å². The molecule has 1 aromatic heterocycles. The van der Waals surface area contributed by atoms with Gasteiger partial charge in [0.2, 0.25) is 0 Å². The Morgan fingerprint density at radius 1 is 1.26 bits per heavy atom. The zero-order chi connectivity index (χ0) is 20.3.